The molecule has 2 heterocycles. The van der Waals surface area contributed by atoms with E-state index < -0.39 is 0 Å². The predicted molar refractivity (Wildman–Crippen MR) is 112 cm³/mol. The molecular weight excluding hydrogens is 360 g/mol. The number of nitrogens with zero attached hydrogens (tertiary/aromatic N) is 4. The van der Waals surface area contributed by atoms with Gasteiger partial charge in [0.05, 0.1) is 17.0 Å². The van der Waals surface area contributed by atoms with E-state index in [1.165, 1.54) is 5.56 Å². The Morgan fingerprint density at radius 3 is 2.31 bits per heavy atom. The molecule has 1 aliphatic rings. The van der Waals surface area contributed by atoms with Gasteiger partial charge in [-0.2, -0.15) is 5.10 Å². The van der Waals surface area contributed by atoms with Crippen molar-refractivity contribution >= 4 is 11.4 Å². The average Bonchev–Trinajstić information content (AvgIpc) is 3.15. The van der Waals surface area contributed by atoms with Crippen LogP contribution in [-0.2, 0) is 6.42 Å². The first-order valence-corrected chi connectivity index (χ1v) is 10.0. The summed E-state index contributed by atoms with van der Waals surface area (Å²) in [5.74, 6) is 0.402. The molecule has 0 aliphatic heterocycles. The van der Waals surface area contributed by atoms with E-state index in [-0.39, 0.29) is 17.6 Å². The third-order valence-corrected chi connectivity index (χ3v) is 5.68. The van der Waals surface area contributed by atoms with E-state index in [9.17, 15) is 4.79 Å². The largest absolute Gasteiger partial charge is 0.292 e. The van der Waals surface area contributed by atoms with Crippen LogP contribution in [0.15, 0.2) is 60.7 Å². The van der Waals surface area contributed by atoms with Gasteiger partial charge in [0.15, 0.2) is 17.1 Å². The molecule has 0 fully saturated rings. The minimum Gasteiger partial charge on any atom is -0.292 e. The number of carbonyl (C=O) groups excluding carboxylic acids is 1. The van der Waals surface area contributed by atoms with Crippen LogP contribution in [0.1, 0.15) is 59.5 Å². The van der Waals surface area contributed by atoms with Gasteiger partial charge in [-0.1, -0.05) is 74.5 Å². The van der Waals surface area contributed by atoms with Crippen molar-refractivity contribution in [2.45, 2.75) is 38.5 Å². The van der Waals surface area contributed by atoms with Gasteiger partial charge in [0.2, 0.25) is 0 Å². The highest BCUT2D eigenvalue weighted by atomic mass is 16.1. The molecule has 0 bridgehead atoms. The normalized spacial score (nSPS) is 16.4. The molecule has 5 nitrogen and oxygen atoms in total. The van der Waals surface area contributed by atoms with Gasteiger partial charge in [0.25, 0.3) is 0 Å². The van der Waals surface area contributed by atoms with Crippen molar-refractivity contribution in [2.24, 2.45) is 0 Å². The minimum absolute atomic E-state index is 0.0392. The van der Waals surface area contributed by atoms with Gasteiger partial charge in [-0.05, 0) is 29.4 Å². The summed E-state index contributed by atoms with van der Waals surface area (Å²) in [6.07, 6.45) is 1.19. The number of hydrogen-bond acceptors (Lipinski definition) is 4. The van der Waals surface area contributed by atoms with E-state index in [1.54, 1.807) is 0 Å². The summed E-state index contributed by atoms with van der Waals surface area (Å²) < 4.78 is 1.87. The monoisotopic (exact) mass is 382 g/mol. The van der Waals surface area contributed by atoms with E-state index in [0.717, 1.165) is 34.6 Å². The number of aromatic nitrogens is 4. The fourth-order valence-corrected chi connectivity index (χ4v) is 4.23. The van der Waals surface area contributed by atoms with Gasteiger partial charge < -0.3 is 0 Å². The number of benzene rings is 2. The number of ketones is 1. The topological polar surface area (TPSA) is 60.1 Å². The lowest BCUT2D eigenvalue weighted by molar-refractivity contribution is 0.0955. The lowest BCUT2D eigenvalue weighted by Crippen LogP contribution is -2.24. The minimum atomic E-state index is 0.0392. The molecule has 0 spiro atoms. The maximum absolute atomic E-state index is 12.9. The second-order valence-corrected chi connectivity index (χ2v) is 7.95. The van der Waals surface area contributed by atoms with Crippen LogP contribution in [0.25, 0.3) is 16.8 Å². The van der Waals surface area contributed by atoms with Crippen LogP contribution in [0.4, 0.5) is 0 Å². The Kier molecular flexibility index (Phi) is 4.23. The average molecular weight is 382 g/mol. The first-order valence-electron chi connectivity index (χ1n) is 10.0. The lowest BCUT2D eigenvalue weighted by atomic mass is 9.83. The number of rotatable bonds is 3. The molecule has 0 radical (unpaired) electrons. The molecule has 1 atom stereocenters. The van der Waals surface area contributed by atoms with Gasteiger partial charge >= 0.3 is 0 Å². The van der Waals surface area contributed by atoms with E-state index in [0.29, 0.717) is 12.1 Å². The molecule has 29 heavy (non-hydrogen) atoms. The van der Waals surface area contributed by atoms with E-state index >= 15 is 0 Å². The molecule has 0 saturated heterocycles. The van der Waals surface area contributed by atoms with Gasteiger partial charge in [0.1, 0.15) is 0 Å². The highest BCUT2D eigenvalue weighted by Gasteiger charge is 2.32. The second kappa shape index (κ2) is 6.92. The van der Waals surface area contributed by atoms with Gasteiger partial charge in [-0.15, -0.1) is 10.2 Å². The molecule has 5 rings (SSSR count). The third-order valence-electron chi connectivity index (χ3n) is 5.68. The van der Waals surface area contributed by atoms with Crippen LogP contribution < -0.4 is 0 Å². The molecule has 2 aromatic carbocycles. The summed E-state index contributed by atoms with van der Waals surface area (Å²) in [4.78, 5) is 12.9. The summed E-state index contributed by atoms with van der Waals surface area (Å²) >= 11 is 0. The number of Topliss-reactive ketones (excluding diaryl/α,β-unsaturated/α-hetero) is 1. The van der Waals surface area contributed by atoms with E-state index in [1.807, 2.05) is 40.9 Å². The number of fused-ring (bicyclic) bond motifs is 3. The third kappa shape index (κ3) is 2.94. The summed E-state index contributed by atoms with van der Waals surface area (Å²) in [6, 6.07) is 20.4. The zero-order valence-electron chi connectivity index (χ0n) is 16.5. The zero-order valence-corrected chi connectivity index (χ0v) is 16.5. The molecule has 1 aliphatic carbocycles. The first-order chi connectivity index (χ1) is 14.1. The van der Waals surface area contributed by atoms with E-state index in [2.05, 4.69) is 48.3 Å². The van der Waals surface area contributed by atoms with Crippen LogP contribution >= 0.6 is 0 Å². The fraction of sp³-hybridized carbons (Fsp3) is 0.250. The van der Waals surface area contributed by atoms with Crippen molar-refractivity contribution in [1.29, 1.82) is 0 Å². The summed E-state index contributed by atoms with van der Waals surface area (Å²) in [6.45, 7) is 4.26. The summed E-state index contributed by atoms with van der Waals surface area (Å²) in [5.41, 5.74) is 6.28. The molecule has 2 aromatic heterocycles. The Bertz CT molecular complexity index is 1200. The quantitative estimate of drug-likeness (QED) is 0.509. The Hall–Kier alpha value is -3.34. The van der Waals surface area contributed by atoms with Gasteiger partial charge in [-0.25, -0.2) is 4.52 Å². The number of carbonyl (C=O) groups is 1. The van der Waals surface area contributed by atoms with Crippen molar-refractivity contribution in [1.82, 2.24) is 19.8 Å². The highest BCUT2D eigenvalue weighted by molar-refractivity contribution is 5.97. The maximum Gasteiger partial charge on any atom is 0.185 e. The molecule has 0 amide bonds. The lowest BCUT2D eigenvalue weighted by Gasteiger charge is -2.23. The van der Waals surface area contributed by atoms with Crippen molar-refractivity contribution in [2.75, 3.05) is 0 Å². The standard InChI is InChI=1S/C24H22N4O/c1-15(2)22-21(17-11-7-4-8-12-17)24-26-25-23-19(28(24)27-22)13-18(14-20(23)29)16-9-5-3-6-10-16/h3-12,15,18H,13-14H2,1-2H3/t18-/m1/s1. The molecular formula is C24H22N4O. The Morgan fingerprint density at radius 2 is 1.62 bits per heavy atom. The van der Waals surface area contributed by atoms with Crippen LogP contribution in [-0.4, -0.2) is 25.6 Å². The maximum atomic E-state index is 12.9. The summed E-state index contributed by atoms with van der Waals surface area (Å²) in [7, 11) is 0. The Labute approximate surface area is 169 Å². The Balaban J connectivity index is 1.72. The Morgan fingerprint density at radius 1 is 0.931 bits per heavy atom. The smallest absolute Gasteiger partial charge is 0.185 e. The van der Waals surface area contributed by atoms with Crippen molar-refractivity contribution in [3.63, 3.8) is 0 Å². The molecule has 0 unspecified atom stereocenters. The van der Waals surface area contributed by atoms with Crippen molar-refractivity contribution in [3.05, 3.63) is 83.3 Å². The van der Waals surface area contributed by atoms with Gasteiger partial charge in [-0.3, -0.25) is 4.79 Å². The van der Waals surface area contributed by atoms with E-state index in [4.69, 9.17) is 5.10 Å². The molecule has 0 saturated carbocycles. The second-order valence-electron chi connectivity index (χ2n) is 7.95. The fourth-order valence-electron chi connectivity index (χ4n) is 4.23. The molecule has 5 heteroatoms. The number of hydrogen-bond donors (Lipinski definition) is 0. The SMILES string of the molecule is CC(C)c1nn2c3c(nnc2c1-c1ccccc1)C(=O)C[C@H](c1ccccc1)C3. The zero-order chi connectivity index (χ0) is 20.0. The van der Waals surface area contributed by atoms with Crippen LogP contribution in [0.5, 0.6) is 0 Å². The molecule has 0 N–H and O–H groups in total. The summed E-state index contributed by atoms with van der Waals surface area (Å²) in [5, 5.41) is 13.7. The van der Waals surface area contributed by atoms with Crippen LogP contribution in [0.3, 0.4) is 0 Å². The first kappa shape index (κ1) is 17.7. The van der Waals surface area contributed by atoms with Crippen molar-refractivity contribution in [3.8, 4) is 11.1 Å². The van der Waals surface area contributed by atoms with Crippen LogP contribution in [0.2, 0.25) is 0 Å². The van der Waals surface area contributed by atoms with Crippen molar-refractivity contribution < 1.29 is 4.79 Å². The molecule has 4 aromatic rings. The molecule has 144 valence electrons. The van der Waals surface area contributed by atoms with Crippen LogP contribution in [0, 0.1) is 0 Å². The highest BCUT2D eigenvalue weighted by Crippen LogP contribution is 2.36. The van der Waals surface area contributed by atoms with Gasteiger partial charge in [0, 0.05) is 6.42 Å². The predicted octanol–water partition coefficient (Wildman–Crippen LogP) is 4.83.